The summed E-state index contributed by atoms with van der Waals surface area (Å²) in [7, 11) is 0. The van der Waals surface area contributed by atoms with Crippen molar-refractivity contribution in [1.82, 2.24) is 5.32 Å². The molecule has 15 heavy (non-hydrogen) atoms. The lowest BCUT2D eigenvalue weighted by Gasteiger charge is -2.06. The van der Waals surface area contributed by atoms with Crippen LogP contribution in [0.25, 0.3) is 0 Å². The Morgan fingerprint density at radius 1 is 1.53 bits per heavy atom. The molecule has 1 aromatic carbocycles. The molecule has 0 radical (unpaired) electrons. The van der Waals surface area contributed by atoms with Crippen molar-refractivity contribution in [3.05, 3.63) is 34.3 Å². The average Bonchev–Trinajstić information content (AvgIpc) is 2.14. The van der Waals surface area contributed by atoms with E-state index in [1.807, 2.05) is 25.1 Å². The summed E-state index contributed by atoms with van der Waals surface area (Å²) in [6.45, 7) is 3.04. The zero-order valence-corrected chi connectivity index (χ0v) is 9.34. The lowest BCUT2D eigenvalue weighted by molar-refractivity contribution is -0.136. The summed E-state index contributed by atoms with van der Waals surface area (Å²) >= 11 is 6.01. The lowest BCUT2D eigenvalue weighted by atomic mass is 10.1. The minimum Gasteiger partial charge on any atom is -0.481 e. The van der Waals surface area contributed by atoms with Crippen molar-refractivity contribution in [2.24, 2.45) is 0 Å². The zero-order chi connectivity index (χ0) is 11.3. The molecule has 0 saturated carbocycles. The Hall–Kier alpha value is -1.06. The van der Waals surface area contributed by atoms with Gasteiger partial charge in [-0.05, 0) is 24.1 Å². The molecule has 82 valence electrons. The van der Waals surface area contributed by atoms with Crippen LogP contribution in [0.2, 0.25) is 5.02 Å². The largest absolute Gasteiger partial charge is 0.481 e. The van der Waals surface area contributed by atoms with E-state index in [4.69, 9.17) is 16.7 Å². The SMILES string of the molecule is Cc1ccc(CNCCC(=O)O)c(Cl)c1. The number of carboxylic acid groups (broad SMARTS) is 1. The second-order valence-electron chi connectivity index (χ2n) is 3.42. The summed E-state index contributed by atoms with van der Waals surface area (Å²) in [4.78, 5) is 10.3. The average molecular weight is 228 g/mol. The first-order chi connectivity index (χ1) is 7.09. The van der Waals surface area contributed by atoms with E-state index < -0.39 is 5.97 Å². The lowest BCUT2D eigenvalue weighted by Crippen LogP contribution is -2.17. The first-order valence-corrected chi connectivity index (χ1v) is 5.15. The summed E-state index contributed by atoms with van der Waals surface area (Å²) in [6.07, 6.45) is 0.128. The zero-order valence-electron chi connectivity index (χ0n) is 8.59. The monoisotopic (exact) mass is 227 g/mol. The molecule has 0 aromatic heterocycles. The number of benzene rings is 1. The van der Waals surface area contributed by atoms with Crippen LogP contribution in [0.3, 0.4) is 0 Å². The molecule has 4 heteroatoms. The Balaban J connectivity index is 2.40. The quantitative estimate of drug-likeness (QED) is 0.759. The van der Waals surface area contributed by atoms with E-state index in [0.717, 1.165) is 16.1 Å². The molecule has 0 bridgehead atoms. The van der Waals surface area contributed by atoms with E-state index in [0.29, 0.717) is 13.1 Å². The van der Waals surface area contributed by atoms with Crippen LogP contribution < -0.4 is 5.32 Å². The third kappa shape index (κ3) is 4.32. The van der Waals surface area contributed by atoms with Gasteiger partial charge in [0, 0.05) is 18.1 Å². The number of rotatable bonds is 5. The molecule has 0 fully saturated rings. The maximum Gasteiger partial charge on any atom is 0.304 e. The van der Waals surface area contributed by atoms with E-state index in [9.17, 15) is 4.79 Å². The number of halogens is 1. The van der Waals surface area contributed by atoms with Crippen molar-refractivity contribution >= 4 is 17.6 Å². The van der Waals surface area contributed by atoms with E-state index in [1.165, 1.54) is 0 Å². The molecular weight excluding hydrogens is 214 g/mol. The van der Waals surface area contributed by atoms with Crippen LogP contribution in [0.15, 0.2) is 18.2 Å². The smallest absolute Gasteiger partial charge is 0.304 e. The Kier molecular flexibility index (Phi) is 4.59. The van der Waals surface area contributed by atoms with Gasteiger partial charge in [0.05, 0.1) is 6.42 Å². The summed E-state index contributed by atoms with van der Waals surface area (Å²) in [5, 5.41) is 12.2. The maximum absolute atomic E-state index is 10.3. The van der Waals surface area contributed by atoms with Gasteiger partial charge in [-0.2, -0.15) is 0 Å². The fraction of sp³-hybridized carbons (Fsp3) is 0.364. The predicted molar refractivity (Wildman–Crippen MR) is 60.1 cm³/mol. The molecule has 0 heterocycles. The number of aliphatic carboxylic acids is 1. The van der Waals surface area contributed by atoms with Gasteiger partial charge in [-0.15, -0.1) is 0 Å². The van der Waals surface area contributed by atoms with Gasteiger partial charge in [0.15, 0.2) is 0 Å². The van der Waals surface area contributed by atoms with Crippen LogP contribution >= 0.6 is 11.6 Å². The van der Waals surface area contributed by atoms with Gasteiger partial charge in [0.1, 0.15) is 0 Å². The summed E-state index contributed by atoms with van der Waals surface area (Å²) in [5.74, 6) is -0.794. The highest BCUT2D eigenvalue weighted by Gasteiger charge is 2.00. The number of carboxylic acids is 1. The molecule has 0 amide bonds. The van der Waals surface area contributed by atoms with Crippen molar-refractivity contribution in [2.75, 3.05) is 6.54 Å². The topological polar surface area (TPSA) is 49.3 Å². The van der Waals surface area contributed by atoms with Crippen molar-refractivity contribution in [3.63, 3.8) is 0 Å². The van der Waals surface area contributed by atoms with Gasteiger partial charge in [-0.3, -0.25) is 4.79 Å². The highest BCUT2D eigenvalue weighted by Crippen LogP contribution is 2.17. The molecule has 1 rings (SSSR count). The van der Waals surface area contributed by atoms with Crippen molar-refractivity contribution in [1.29, 1.82) is 0 Å². The predicted octanol–water partition coefficient (Wildman–Crippen LogP) is 2.21. The Labute approximate surface area is 94.1 Å². The molecule has 1 aromatic rings. The molecule has 0 spiro atoms. The summed E-state index contributed by atoms with van der Waals surface area (Å²) in [6, 6.07) is 5.83. The van der Waals surface area contributed by atoms with Crippen molar-refractivity contribution in [3.8, 4) is 0 Å². The molecule has 0 aliphatic carbocycles. The minimum absolute atomic E-state index is 0.128. The summed E-state index contributed by atoms with van der Waals surface area (Å²) in [5.41, 5.74) is 2.11. The van der Waals surface area contributed by atoms with Crippen LogP contribution in [0, 0.1) is 6.92 Å². The van der Waals surface area contributed by atoms with Crippen LogP contribution in [0.5, 0.6) is 0 Å². The Bertz CT molecular complexity index is 352. The van der Waals surface area contributed by atoms with Crippen LogP contribution in [0.4, 0.5) is 0 Å². The molecule has 2 N–H and O–H groups in total. The third-order valence-corrected chi connectivity index (χ3v) is 2.39. The van der Waals surface area contributed by atoms with Crippen LogP contribution in [-0.4, -0.2) is 17.6 Å². The van der Waals surface area contributed by atoms with Crippen molar-refractivity contribution < 1.29 is 9.90 Å². The van der Waals surface area contributed by atoms with E-state index in [1.54, 1.807) is 0 Å². The maximum atomic E-state index is 10.3. The van der Waals surface area contributed by atoms with Gasteiger partial charge >= 0.3 is 5.97 Å². The number of carbonyl (C=O) groups is 1. The van der Waals surface area contributed by atoms with Gasteiger partial charge in [0.2, 0.25) is 0 Å². The van der Waals surface area contributed by atoms with Gasteiger partial charge in [-0.25, -0.2) is 0 Å². The highest BCUT2D eigenvalue weighted by atomic mass is 35.5. The molecule has 0 aliphatic rings. The van der Waals surface area contributed by atoms with E-state index in [2.05, 4.69) is 5.32 Å². The fourth-order valence-corrected chi connectivity index (χ4v) is 1.52. The number of hydrogen-bond donors (Lipinski definition) is 2. The fourth-order valence-electron chi connectivity index (χ4n) is 1.21. The van der Waals surface area contributed by atoms with Crippen LogP contribution in [0.1, 0.15) is 17.5 Å². The second-order valence-corrected chi connectivity index (χ2v) is 3.82. The molecule has 0 aliphatic heterocycles. The van der Waals surface area contributed by atoms with E-state index >= 15 is 0 Å². The Morgan fingerprint density at radius 2 is 2.27 bits per heavy atom. The second kappa shape index (κ2) is 5.73. The molecule has 3 nitrogen and oxygen atoms in total. The minimum atomic E-state index is -0.794. The number of nitrogens with one attached hydrogen (secondary N) is 1. The third-order valence-electron chi connectivity index (χ3n) is 2.04. The van der Waals surface area contributed by atoms with Crippen LogP contribution in [-0.2, 0) is 11.3 Å². The normalized spacial score (nSPS) is 10.3. The standard InChI is InChI=1S/C11H14ClNO2/c1-8-2-3-9(10(12)6-8)7-13-5-4-11(14)15/h2-3,6,13H,4-5,7H2,1H3,(H,14,15). The molecular formula is C11H14ClNO2. The Morgan fingerprint density at radius 3 is 2.87 bits per heavy atom. The first kappa shape index (κ1) is 12.0. The number of hydrogen-bond acceptors (Lipinski definition) is 2. The summed E-state index contributed by atoms with van der Waals surface area (Å²) < 4.78 is 0. The molecule has 0 atom stereocenters. The molecule has 0 saturated heterocycles. The molecule has 0 unspecified atom stereocenters. The highest BCUT2D eigenvalue weighted by molar-refractivity contribution is 6.31. The van der Waals surface area contributed by atoms with Gasteiger partial charge in [-0.1, -0.05) is 23.7 Å². The van der Waals surface area contributed by atoms with Crippen molar-refractivity contribution in [2.45, 2.75) is 19.9 Å². The van der Waals surface area contributed by atoms with E-state index in [-0.39, 0.29) is 6.42 Å². The number of aryl methyl sites for hydroxylation is 1. The first-order valence-electron chi connectivity index (χ1n) is 4.77. The van der Waals surface area contributed by atoms with Gasteiger partial charge in [0.25, 0.3) is 0 Å². The van der Waals surface area contributed by atoms with Gasteiger partial charge < -0.3 is 10.4 Å².